The maximum Gasteiger partial charge on any atom is 0.275 e. The van der Waals surface area contributed by atoms with E-state index in [1.807, 2.05) is 6.92 Å². The van der Waals surface area contributed by atoms with Gasteiger partial charge in [0.2, 0.25) is 5.43 Å². The highest BCUT2D eigenvalue weighted by molar-refractivity contribution is 5.99. The van der Waals surface area contributed by atoms with Crippen LogP contribution in [0.15, 0.2) is 35.3 Å². The van der Waals surface area contributed by atoms with Crippen LogP contribution in [0, 0.1) is 17.5 Å². The van der Waals surface area contributed by atoms with Crippen molar-refractivity contribution in [1.29, 1.82) is 0 Å². The average molecular weight is 491 g/mol. The number of benzene rings is 1. The Morgan fingerprint density at radius 2 is 1.97 bits per heavy atom. The van der Waals surface area contributed by atoms with Crippen molar-refractivity contribution in [2.75, 3.05) is 19.8 Å². The monoisotopic (exact) mass is 491 g/mol. The molecule has 8 nitrogen and oxygen atoms in total. The number of nitrogens with zero attached hydrogens (tertiary/aromatic N) is 2. The molecule has 2 amide bonds. The first-order chi connectivity index (χ1) is 16.6. The van der Waals surface area contributed by atoms with Gasteiger partial charge in [0, 0.05) is 43.6 Å². The molecule has 2 N–H and O–H groups in total. The lowest BCUT2D eigenvalue weighted by molar-refractivity contribution is -0.0668. The number of allylic oxidation sites excluding steroid dienone is 1. The lowest BCUT2D eigenvalue weighted by atomic mass is 9.83. The van der Waals surface area contributed by atoms with Crippen molar-refractivity contribution in [1.82, 2.24) is 14.8 Å². The van der Waals surface area contributed by atoms with E-state index in [9.17, 15) is 32.7 Å². The van der Waals surface area contributed by atoms with Crippen molar-refractivity contribution >= 4 is 11.8 Å². The second-order valence-corrected chi connectivity index (χ2v) is 8.71. The first-order valence-electron chi connectivity index (χ1n) is 11.0. The van der Waals surface area contributed by atoms with Crippen LogP contribution in [0.3, 0.4) is 0 Å². The third-order valence-electron chi connectivity index (χ3n) is 6.56. The van der Waals surface area contributed by atoms with Crippen molar-refractivity contribution < 1.29 is 32.6 Å². The van der Waals surface area contributed by atoms with Crippen LogP contribution in [0.4, 0.5) is 13.2 Å². The third kappa shape index (κ3) is 4.09. The molecule has 2 aromatic rings. The fourth-order valence-corrected chi connectivity index (χ4v) is 4.68. The van der Waals surface area contributed by atoms with Gasteiger partial charge in [0.25, 0.3) is 11.8 Å². The zero-order chi connectivity index (χ0) is 25.5. The van der Waals surface area contributed by atoms with E-state index in [1.165, 1.54) is 15.7 Å². The molecule has 1 aromatic carbocycles. The molecule has 2 aliphatic rings. The number of nitrogens with one attached hydrogen (secondary N) is 1. The Hall–Kier alpha value is -3.60. The summed E-state index contributed by atoms with van der Waals surface area (Å²) in [7, 11) is 0. The molecule has 3 heterocycles. The summed E-state index contributed by atoms with van der Waals surface area (Å²) in [6.07, 6.45) is 5.17. The fraction of sp³-hybridized carbons (Fsp3) is 0.375. The quantitative estimate of drug-likeness (QED) is 0.627. The number of ether oxygens (including phenoxy) is 1. The maximum atomic E-state index is 13.9. The molecule has 186 valence electrons. The summed E-state index contributed by atoms with van der Waals surface area (Å²) >= 11 is 0. The minimum Gasteiger partial charge on any atom is -0.503 e. The first kappa shape index (κ1) is 24.5. The van der Waals surface area contributed by atoms with Crippen LogP contribution in [0.5, 0.6) is 5.75 Å². The number of amides is 2. The molecule has 1 unspecified atom stereocenters. The van der Waals surface area contributed by atoms with Gasteiger partial charge < -0.3 is 24.6 Å². The summed E-state index contributed by atoms with van der Waals surface area (Å²) in [5.74, 6) is -6.00. The summed E-state index contributed by atoms with van der Waals surface area (Å²) in [6, 6.07) is 0.530. The van der Waals surface area contributed by atoms with Crippen LogP contribution in [0.25, 0.3) is 0 Å². The van der Waals surface area contributed by atoms with E-state index in [0.717, 1.165) is 0 Å². The van der Waals surface area contributed by atoms with Crippen molar-refractivity contribution in [2.45, 2.75) is 38.4 Å². The van der Waals surface area contributed by atoms with E-state index in [-0.39, 0.29) is 18.8 Å². The van der Waals surface area contributed by atoms with Crippen LogP contribution in [-0.4, -0.2) is 51.7 Å². The molecular weight excluding hydrogens is 467 g/mol. The predicted molar refractivity (Wildman–Crippen MR) is 119 cm³/mol. The zero-order valence-electron chi connectivity index (χ0n) is 19.1. The SMILES string of the molecule is C/C=C\CN1C(=O)c2c(O)c(=O)c(C(=O)NCc3c(F)cc(F)cc3F)cn2C2CCOC[C@]21C. The van der Waals surface area contributed by atoms with E-state index >= 15 is 0 Å². The number of hydrogen-bond acceptors (Lipinski definition) is 5. The smallest absolute Gasteiger partial charge is 0.275 e. The number of hydrogen-bond donors (Lipinski definition) is 2. The van der Waals surface area contributed by atoms with E-state index in [0.29, 0.717) is 25.2 Å². The fourth-order valence-electron chi connectivity index (χ4n) is 4.68. The highest BCUT2D eigenvalue weighted by Gasteiger charge is 2.51. The Kier molecular flexibility index (Phi) is 6.46. The molecule has 0 saturated carbocycles. The van der Waals surface area contributed by atoms with E-state index < -0.39 is 69.7 Å². The van der Waals surface area contributed by atoms with Crippen LogP contribution < -0.4 is 10.7 Å². The number of rotatable bonds is 5. The number of carbonyl (C=O) groups excluding carboxylic acids is 2. The molecular formula is C24H24F3N3O5. The summed E-state index contributed by atoms with van der Waals surface area (Å²) < 4.78 is 48.1. The normalized spacial score (nSPS) is 21.7. The Morgan fingerprint density at radius 3 is 2.63 bits per heavy atom. The molecule has 2 aliphatic heterocycles. The van der Waals surface area contributed by atoms with Crippen LogP contribution in [0.1, 0.15) is 52.7 Å². The second-order valence-electron chi connectivity index (χ2n) is 8.71. The molecule has 1 fully saturated rings. The van der Waals surface area contributed by atoms with Gasteiger partial charge in [0.15, 0.2) is 11.4 Å². The topological polar surface area (TPSA) is 101 Å². The van der Waals surface area contributed by atoms with Gasteiger partial charge >= 0.3 is 0 Å². The van der Waals surface area contributed by atoms with Crippen molar-refractivity contribution in [3.05, 3.63) is 75.0 Å². The van der Waals surface area contributed by atoms with Gasteiger partial charge in [-0.3, -0.25) is 14.4 Å². The largest absolute Gasteiger partial charge is 0.503 e. The molecule has 0 spiro atoms. The summed E-state index contributed by atoms with van der Waals surface area (Å²) in [6.45, 7) is 3.77. The van der Waals surface area contributed by atoms with Gasteiger partial charge in [-0.2, -0.15) is 0 Å². The number of aromatic hydroxyl groups is 1. The Labute approximate surface area is 198 Å². The summed E-state index contributed by atoms with van der Waals surface area (Å²) in [5.41, 5.74) is -3.25. The highest BCUT2D eigenvalue weighted by Crippen LogP contribution is 2.42. The minimum atomic E-state index is -1.20. The molecule has 0 bridgehead atoms. The van der Waals surface area contributed by atoms with Gasteiger partial charge in [-0.05, 0) is 20.3 Å². The van der Waals surface area contributed by atoms with E-state index in [2.05, 4.69) is 5.32 Å². The van der Waals surface area contributed by atoms with E-state index in [4.69, 9.17) is 4.74 Å². The van der Waals surface area contributed by atoms with Gasteiger partial charge in [-0.15, -0.1) is 0 Å². The van der Waals surface area contributed by atoms with Gasteiger partial charge in [-0.25, -0.2) is 13.2 Å². The van der Waals surface area contributed by atoms with Crippen molar-refractivity contribution in [3.8, 4) is 5.75 Å². The molecule has 0 radical (unpaired) electrons. The minimum absolute atomic E-state index is 0.206. The lowest BCUT2D eigenvalue weighted by Gasteiger charge is -2.53. The third-order valence-corrected chi connectivity index (χ3v) is 6.56. The number of carbonyl (C=O) groups is 2. The van der Waals surface area contributed by atoms with Gasteiger partial charge in [0.1, 0.15) is 23.0 Å². The first-order valence-corrected chi connectivity index (χ1v) is 11.0. The van der Waals surface area contributed by atoms with Crippen LogP contribution in [0.2, 0.25) is 0 Å². The van der Waals surface area contributed by atoms with Crippen molar-refractivity contribution in [3.63, 3.8) is 0 Å². The number of fused-ring (bicyclic) bond motifs is 3. The van der Waals surface area contributed by atoms with E-state index in [1.54, 1.807) is 19.1 Å². The summed E-state index contributed by atoms with van der Waals surface area (Å²) in [5, 5.41) is 12.9. The Balaban J connectivity index is 1.73. The Morgan fingerprint density at radius 1 is 1.29 bits per heavy atom. The Bertz CT molecular complexity index is 1270. The lowest BCUT2D eigenvalue weighted by Crippen LogP contribution is -2.63. The average Bonchev–Trinajstić information content (AvgIpc) is 2.79. The number of halogens is 3. The molecule has 35 heavy (non-hydrogen) atoms. The number of aromatic nitrogens is 1. The second kappa shape index (κ2) is 9.21. The molecule has 1 saturated heterocycles. The van der Waals surface area contributed by atoms with Gasteiger partial charge in [-0.1, -0.05) is 12.2 Å². The molecule has 11 heteroatoms. The van der Waals surface area contributed by atoms with Crippen LogP contribution in [-0.2, 0) is 11.3 Å². The molecule has 0 aliphatic carbocycles. The summed E-state index contributed by atoms with van der Waals surface area (Å²) in [4.78, 5) is 40.5. The number of pyridine rings is 1. The van der Waals surface area contributed by atoms with Crippen molar-refractivity contribution in [2.24, 2.45) is 0 Å². The molecule has 2 atom stereocenters. The highest BCUT2D eigenvalue weighted by atomic mass is 19.1. The van der Waals surface area contributed by atoms with Gasteiger partial charge in [0.05, 0.1) is 18.2 Å². The standard InChI is InChI=1S/C24H24F3N3O5/c1-3-4-6-30-23(34)19-21(32)20(31)15(11-29(19)18-5-7-35-12-24(18,30)2)22(33)28-10-14-16(26)8-13(25)9-17(14)27/h3-4,8-9,11,18,32H,5-7,10,12H2,1-2H3,(H,28,33)/b4-3-/t18?,24-/m1/s1. The molecule has 4 rings (SSSR count). The molecule has 1 aromatic heterocycles. The zero-order valence-corrected chi connectivity index (χ0v) is 19.1. The predicted octanol–water partition coefficient (Wildman–Crippen LogP) is 2.65. The maximum absolute atomic E-state index is 13.9. The van der Waals surface area contributed by atoms with Crippen LogP contribution >= 0.6 is 0 Å².